The van der Waals surface area contributed by atoms with E-state index in [0.29, 0.717) is 5.41 Å². The lowest BCUT2D eigenvalue weighted by Crippen LogP contribution is -2.50. The molecule has 0 N–H and O–H groups in total. The molecule has 0 aliphatic carbocycles. The molecule has 1 aromatic rings. The van der Waals surface area contributed by atoms with E-state index < -0.39 is 0 Å². The van der Waals surface area contributed by atoms with Crippen molar-refractivity contribution in [2.75, 3.05) is 32.7 Å². The van der Waals surface area contributed by atoms with Gasteiger partial charge < -0.3 is 4.90 Å². The van der Waals surface area contributed by atoms with Crippen molar-refractivity contribution in [2.24, 2.45) is 5.41 Å². The van der Waals surface area contributed by atoms with Crippen LogP contribution in [0.5, 0.6) is 0 Å². The van der Waals surface area contributed by atoms with Gasteiger partial charge in [-0.1, -0.05) is 53.7 Å². The Balaban J connectivity index is 1.95. The molecule has 1 amide bonds. The molecule has 23 heavy (non-hydrogen) atoms. The zero-order chi connectivity index (χ0) is 17.3. The monoisotopic (exact) mass is 316 g/mol. The number of hydrogen-bond donors (Lipinski definition) is 0. The van der Waals surface area contributed by atoms with E-state index in [1.807, 2.05) is 17.0 Å². The molecular weight excluding hydrogens is 284 g/mol. The van der Waals surface area contributed by atoms with Crippen molar-refractivity contribution < 1.29 is 4.79 Å². The van der Waals surface area contributed by atoms with Crippen molar-refractivity contribution >= 4 is 5.91 Å². The molecule has 0 bridgehead atoms. The zero-order valence-electron chi connectivity index (χ0n) is 15.6. The van der Waals surface area contributed by atoms with Crippen LogP contribution in [0.2, 0.25) is 0 Å². The molecule has 1 saturated heterocycles. The number of piperazine rings is 1. The van der Waals surface area contributed by atoms with Crippen molar-refractivity contribution in [3.8, 4) is 0 Å². The van der Waals surface area contributed by atoms with Gasteiger partial charge in [-0.3, -0.25) is 9.69 Å². The first kappa shape index (κ1) is 18.0. The first-order valence-electron chi connectivity index (χ1n) is 8.68. The van der Waals surface area contributed by atoms with Crippen LogP contribution in [0, 0.1) is 5.41 Å². The summed E-state index contributed by atoms with van der Waals surface area (Å²) in [5.74, 6) is 0.167. The van der Waals surface area contributed by atoms with Gasteiger partial charge in [-0.25, -0.2) is 0 Å². The summed E-state index contributed by atoms with van der Waals surface area (Å²) in [7, 11) is 0. The maximum Gasteiger partial charge on any atom is 0.253 e. The maximum atomic E-state index is 12.7. The van der Waals surface area contributed by atoms with E-state index in [1.54, 1.807) is 0 Å². The fraction of sp³-hybridized carbons (Fsp3) is 0.650. The zero-order valence-corrected chi connectivity index (χ0v) is 15.6. The molecule has 0 unspecified atom stereocenters. The van der Waals surface area contributed by atoms with Crippen LogP contribution in [0.15, 0.2) is 24.3 Å². The second-order valence-electron chi connectivity index (χ2n) is 8.96. The molecule has 3 nitrogen and oxygen atoms in total. The fourth-order valence-electron chi connectivity index (χ4n) is 3.08. The quantitative estimate of drug-likeness (QED) is 0.829. The summed E-state index contributed by atoms with van der Waals surface area (Å²) in [4.78, 5) is 17.1. The van der Waals surface area contributed by atoms with Crippen molar-refractivity contribution in [3.63, 3.8) is 0 Å². The Labute approximate surface area is 141 Å². The number of hydrogen-bond acceptors (Lipinski definition) is 2. The van der Waals surface area contributed by atoms with Crippen molar-refractivity contribution in [1.29, 1.82) is 0 Å². The summed E-state index contributed by atoms with van der Waals surface area (Å²) in [5.41, 5.74) is 2.51. The molecule has 0 aromatic heterocycles. The molecule has 1 fully saturated rings. The maximum absolute atomic E-state index is 12.7. The minimum Gasteiger partial charge on any atom is -0.336 e. The molecule has 1 aliphatic rings. The summed E-state index contributed by atoms with van der Waals surface area (Å²) in [6.45, 7) is 18.1. The lowest BCUT2D eigenvalue weighted by molar-refractivity contribution is 0.0592. The average Bonchev–Trinajstić information content (AvgIpc) is 2.45. The van der Waals surface area contributed by atoms with Crippen LogP contribution in [0.4, 0.5) is 0 Å². The first-order chi connectivity index (χ1) is 10.6. The second kappa shape index (κ2) is 6.64. The van der Waals surface area contributed by atoms with Gasteiger partial charge in [0.25, 0.3) is 5.91 Å². The SMILES string of the molecule is CC(C)(C)CN1CCN(C(=O)c2ccc(C(C)(C)C)cc2)CC1. The molecule has 0 saturated carbocycles. The molecule has 0 atom stereocenters. The summed E-state index contributed by atoms with van der Waals surface area (Å²) < 4.78 is 0. The van der Waals surface area contributed by atoms with Crippen LogP contribution in [-0.4, -0.2) is 48.4 Å². The molecule has 2 rings (SSSR count). The van der Waals surface area contributed by atoms with Crippen LogP contribution in [0.1, 0.15) is 57.5 Å². The van der Waals surface area contributed by atoms with E-state index >= 15 is 0 Å². The van der Waals surface area contributed by atoms with E-state index in [-0.39, 0.29) is 11.3 Å². The van der Waals surface area contributed by atoms with Gasteiger partial charge in [0.15, 0.2) is 0 Å². The van der Waals surface area contributed by atoms with E-state index in [1.165, 1.54) is 5.56 Å². The van der Waals surface area contributed by atoms with Crippen molar-refractivity contribution in [1.82, 2.24) is 9.80 Å². The lowest BCUT2D eigenvalue weighted by atomic mass is 9.86. The normalized spacial score (nSPS) is 17.4. The summed E-state index contributed by atoms with van der Waals surface area (Å²) in [6.07, 6.45) is 0. The number of benzene rings is 1. The first-order valence-corrected chi connectivity index (χ1v) is 8.68. The Morgan fingerprint density at radius 3 is 1.87 bits per heavy atom. The van der Waals surface area contributed by atoms with Gasteiger partial charge >= 0.3 is 0 Å². The van der Waals surface area contributed by atoms with E-state index in [0.717, 1.165) is 38.3 Å². The van der Waals surface area contributed by atoms with Gasteiger partial charge in [0.05, 0.1) is 0 Å². The molecule has 3 heteroatoms. The average molecular weight is 316 g/mol. The smallest absolute Gasteiger partial charge is 0.253 e. The number of nitrogens with zero attached hydrogens (tertiary/aromatic N) is 2. The Morgan fingerprint density at radius 1 is 0.913 bits per heavy atom. The molecule has 128 valence electrons. The van der Waals surface area contributed by atoms with Gasteiger partial charge in [-0.15, -0.1) is 0 Å². The summed E-state index contributed by atoms with van der Waals surface area (Å²) >= 11 is 0. The number of carbonyl (C=O) groups excluding carboxylic acids is 1. The summed E-state index contributed by atoms with van der Waals surface area (Å²) in [6, 6.07) is 8.13. The van der Waals surface area contributed by atoms with Crippen LogP contribution in [0.3, 0.4) is 0 Å². The predicted octanol–water partition coefficient (Wildman–Crippen LogP) is 3.79. The molecular formula is C20H32N2O. The minimum atomic E-state index is 0.125. The van der Waals surface area contributed by atoms with Gasteiger partial charge in [0.1, 0.15) is 0 Å². The van der Waals surface area contributed by atoms with E-state index in [9.17, 15) is 4.79 Å². The highest BCUT2D eigenvalue weighted by molar-refractivity contribution is 5.94. The molecule has 0 spiro atoms. The van der Waals surface area contributed by atoms with E-state index in [4.69, 9.17) is 0 Å². The third kappa shape index (κ3) is 5.07. The van der Waals surface area contributed by atoms with Crippen molar-refractivity contribution in [2.45, 2.75) is 47.0 Å². The third-order valence-corrected chi connectivity index (χ3v) is 4.36. The highest BCUT2D eigenvalue weighted by Crippen LogP contribution is 2.23. The van der Waals surface area contributed by atoms with E-state index in [2.05, 4.69) is 58.6 Å². The molecule has 1 aromatic carbocycles. The molecule has 1 heterocycles. The Hall–Kier alpha value is -1.35. The van der Waals surface area contributed by atoms with Crippen LogP contribution < -0.4 is 0 Å². The standard InChI is InChI=1S/C20H32N2O/c1-19(2,3)15-21-11-13-22(14-12-21)18(23)16-7-9-17(10-8-16)20(4,5)6/h7-10H,11-15H2,1-6H3. The highest BCUT2D eigenvalue weighted by atomic mass is 16.2. The van der Waals surface area contributed by atoms with Crippen LogP contribution in [-0.2, 0) is 5.41 Å². The number of amides is 1. The largest absolute Gasteiger partial charge is 0.336 e. The lowest BCUT2D eigenvalue weighted by Gasteiger charge is -2.37. The topological polar surface area (TPSA) is 23.6 Å². The minimum absolute atomic E-state index is 0.125. The van der Waals surface area contributed by atoms with Gasteiger partial charge in [-0.2, -0.15) is 0 Å². The summed E-state index contributed by atoms with van der Waals surface area (Å²) in [5, 5.41) is 0. The molecule has 1 aliphatic heterocycles. The molecule has 0 radical (unpaired) electrons. The van der Waals surface area contributed by atoms with Gasteiger partial charge in [-0.05, 0) is 28.5 Å². The fourth-order valence-corrected chi connectivity index (χ4v) is 3.08. The van der Waals surface area contributed by atoms with Gasteiger partial charge in [0, 0.05) is 38.3 Å². The number of carbonyl (C=O) groups is 1. The predicted molar refractivity (Wildman–Crippen MR) is 96.9 cm³/mol. The highest BCUT2D eigenvalue weighted by Gasteiger charge is 2.25. The Bertz CT molecular complexity index is 526. The third-order valence-electron chi connectivity index (χ3n) is 4.36. The second-order valence-corrected chi connectivity index (χ2v) is 8.96. The number of rotatable bonds is 2. The van der Waals surface area contributed by atoms with Crippen LogP contribution >= 0.6 is 0 Å². The Kier molecular flexibility index (Phi) is 5.20. The van der Waals surface area contributed by atoms with Crippen molar-refractivity contribution in [3.05, 3.63) is 35.4 Å². The Morgan fingerprint density at radius 2 is 1.43 bits per heavy atom. The van der Waals surface area contributed by atoms with Crippen LogP contribution in [0.25, 0.3) is 0 Å². The van der Waals surface area contributed by atoms with Gasteiger partial charge in [0.2, 0.25) is 0 Å².